The van der Waals surface area contributed by atoms with Crippen LogP contribution >= 0.6 is 0 Å². The molecular weight excluding hydrogens is 270 g/mol. The number of hydrogen-bond acceptors (Lipinski definition) is 3. The molecule has 0 bridgehead atoms. The van der Waals surface area contributed by atoms with Crippen molar-refractivity contribution in [1.29, 1.82) is 0 Å². The molecular formula is C15H15N3O3. The fraction of sp³-hybridized carbons (Fsp3) is 0.200. The summed E-state index contributed by atoms with van der Waals surface area (Å²) < 4.78 is 8.95. The van der Waals surface area contributed by atoms with Gasteiger partial charge in [-0.25, -0.2) is 4.79 Å². The Hall–Kier alpha value is -2.76. The van der Waals surface area contributed by atoms with Gasteiger partial charge in [-0.05, 0) is 24.3 Å². The van der Waals surface area contributed by atoms with Gasteiger partial charge in [0.25, 0.3) is 0 Å². The van der Waals surface area contributed by atoms with Crippen LogP contribution in [0.25, 0.3) is 22.2 Å². The van der Waals surface area contributed by atoms with E-state index in [1.165, 1.54) is 0 Å². The number of aromatic carboxylic acids is 1. The number of hydrogen-bond donors (Lipinski definition) is 1. The maximum atomic E-state index is 11.1. The van der Waals surface area contributed by atoms with Crippen LogP contribution < -0.4 is 4.74 Å². The second kappa shape index (κ2) is 4.66. The zero-order valence-electron chi connectivity index (χ0n) is 12.0. The average Bonchev–Trinajstić information content (AvgIpc) is 3.03. The zero-order valence-corrected chi connectivity index (χ0v) is 12.0. The largest absolute Gasteiger partial charge is 0.495 e. The summed E-state index contributed by atoms with van der Waals surface area (Å²) in [6.45, 7) is 0. The van der Waals surface area contributed by atoms with Crippen molar-refractivity contribution in [2.75, 3.05) is 7.11 Å². The molecule has 1 aromatic carbocycles. The second-order valence-corrected chi connectivity index (χ2v) is 4.85. The smallest absolute Gasteiger partial charge is 0.356 e. The highest BCUT2D eigenvalue weighted by Gasteiger charge is 2.17. The molecule has 0 amide bonds. The molecule has 3 rings (SSSR count). The van der Waals surface area contributed by atoms with Crippen molar-refractivity contribution in [2.45, 2.75) is 0 Å². The molecule has 0 aliphatic heterocycles. The summed E-state index contributed by atoms with van der Waals surface area (Å²) in [5.41, 5.74) is 2.68. The summed E-state index contributed by atoms with van der Waals surface area (Å²) in [5.74, 6) is -0.253. The molecule has 0 unspecified atom stereocenters. The van der Waals surface area contributed by atoms with Crippen molar-refractivity contribution in [3.05, 3.63) is 36.2 Å². The molecule has 0 atom stereocenters. The summed E-state index contributed by atoms with van der Waals surface area (Å²) >= 11 is 0. The molecule has 3 aromatic rings. The Balaban J connectivity index is 2.29. The summed E-state index contributed by atoms with van der Waals surface area (Å²) in [5, 5.41) is 14.1. The van der Waals surface area contributed by atoms with Gasteiger partial charge in [-0.1, -0.05) is 0 Å². The first-order chi connectivity index (χ1) is 10.0. The first kappa shape index (κ1) is 13.2. The minimum Gasteiger partial charge on any atom is -0.495 e. The lowest BCUT2D eigenvalue weighted by Crippen LogP contribution is -1.99. The number of ether oxygens (including phenoxy) is 1. The SMILES string of the molecule is COc1ccc(-c2cc(C(=O)O)nn2C)c2ccn(C)c12. The quantitative estimate of drug-likeness (QED) is 0.801. The van der Waals surface area contributed by atoms with Gasteiger partial charge >= 0.3 is 5.97 Å². The van der Waals surface area contributed by atoms with Crippen LogP contribution in [0, 0.1) is 0 Å². The number of carboxylic acid groups (broad SMARTS) is 1. The molecule has 0 aliphatic rings. The van der Waals surface area contributed by atoms with E-state index >= 15 is 0 Å². The van der Waals surface area contributed by atoms with Gasteiger partial charge in [-0.15, -0.1) is 0 Å². The van der Waals surface area contributed by atoms with E-state index in [-0.39, 0.29) is 5.69 Å². The van der Waals surface area contributed by atoms with Gasteiger partial charge in [0.05, 0.1) is 18.3 Å². The number of carboxylic acids is 1. The molecule has 0 aliphatic carbocycles. The lowest BCUT2D eigenvalue weighted by molar-refractivity contribution is 0.0689. The average molecular weight is 285 g/mol. The number of aromatic nitrogens is 3. The molecule has 0 saturated carbocycles. The Labute approximate surface area is 121 Å². The van der Waals surface area contributed by atoms with Crippen molar-refractivity contribution >= 4 is 16.9 Å². The molecule has 2 aromatic heterocycles. The van der Waals surface area contributed by atoms with Crippen molar-refractivity contribution in [3.63, 3.8) is 0 Å². The van der Waals surface area contributed by atoms with Gasteiger partial charge in [-0.2, -0.15) is 5.10 Å². The Morgan fingerprint density at radius 3 is 2.67 bits per heavy atom. The summed E-state index contributed by atoms with van der Waals surface area (Å²) in [6.07, 6.45) is 1.95. The predicted octanol–water partition coefficient (Wildman–Crippen LogP) is 2.29. The standard InChI is InChI=1S/C15H15N3O3/c1-17-7-6-10-9(4-5-13(21-3)14(10)17)12-8-11(15(19)20)16-18(12)2/h4-8H,1-3H3,(H,19,20). The number of fused-ring (bicyclic) bond motifs is 1. The summed E-state index contributed by atoms with van der Waals surface area (Å²) in [7, 11) is 5.31. The molecule has 0 fully saturated rings. The van der Waals surface area contributed by atoms with E-state index in [2.05, 4.69) is 5.10 Å². The molecule has 0 spiro atoms. The highest BCUT2D eigenvalue weighted by Crippen LogP contribution is 2.34. The third-order valence-corrected chi connectivity index (χ3v) is 3.59. The second-order valence-electron chi connectivity index (χ2n) is 4.85. The molecule has 0 saturated heterocycles. The van der Waals surface area contributed by atoms with E-state index in [1.54, 1.807) is 24.9 Å². The summed E-state index contributed by atoms with van der Waals surface area (Å²) in [6, 6.07) is 7.37. The maximum Gasteiger partial charge on any atom is 0.356 e. The number of methoxy groups -OCH3 is 1. The topological polar surface area (TPSA) is 69.3 Å². The van der Waals surface area contributed by atoms with Gasteiger partial charge in [0.1, 0.15) is 5.75 Å². The van der Waals surface area contributed by atoms with Crippen LogP contribution in [0.2, 0.25) is 0 Å². The lowest BCUT2D eigenvalue weighted by atomic mass is 10.1. The molecule has 6 nitrogen and oxygen atoms in total. The van der Waals surface area contributed by atoms with Crippen LogP contribution in [-0.2, 0) is 14.1 Å². The van der Waals surface area contributed by atoms with E-state index in [0.717, 1.165) is 27.9 Å². The maximum absolute atomic E-state index is 11.1. The van der Waals surface area contributed by atoms with Crippen molar-refractivity contribution in [2.24, 2.45) is 14.1 Å². The highest BCUT2D eigenvalue weighted by molar-refractivity contribution is 5.99. The van der Waals surface area contributed by atoms with E-state index < -0.39 is 5.97 Å². The first-order valence-corrected chi connectivity index (χ1v) is 6.42. The van der Waals surface area contributed by atoms with Crippen molar-refractivity contribution in [1.82, 2.24) is 14.3 Å². The van der Waals surface area contributed by atoms with Crippen molar-refractivity contribution in [3.8, 4) is 17.0 Å². The zero-order chi connectivity index (χ0) is 15.1. The van der Waals surface area contributed by atoms with E-state index in [0.29, 0.717) is 0 Å². The van der Waals surface area contributed by atoms with Crippen LogP contribution in [0.4, 0.5) is 0 Å². The normalized spacial score (nSPS) is 11.0. The Kier molecular flexibility index (Phi) is 2.94. The number of benzene rings is 1. The fourth-order valence-electron chi connectivity index (χ4n) is 2.59. The molecule has 2 heterocycles. The molecule has 6 heteroatoms. The monoisotopic (exact) mass is 285 g/mol. The number of aryl methyl sites for hydroxylation is 2. The molecule has 1 N–H and O–H groups in total. The van der Waals surface area contributed by atoms with Gasteiger partial charge in [-0.3, -0.25) is 4.68 Å². The van der Waals surface area contributed by atoms with Gasteiger partial charge in [0, 0.05) is 31.2 Å². The fourth-order valence-corrected chi connectivity index (χ4v) is 2.59. The van der Waals surface area contributed by atoms with Crippen molar-refractivity contribution < 1.29 is 14.6 Å². The van der Waals surface area contributed by atoms with E-state index in [9.17, 15) is 4.79 Å². The van der Waals surface area contributed by atoms with Gasteiger partial charge in [0.2, 0.25) is 0 Å². The van der Waals surface area contributed by atoms with E-state index in [4.69, 9.17) is 9.84 Å². The third-order valence-electron chi connectivity index (χ3n) is 3.59. The van der Waals surface area contributed by atoms with E-state index in [1.807, 2.05) is 36.0 Å². The molecule has 0 radical (unpaired) electrons. The Morgan fingerprint density at radius 1 is 1.29 bits per heavy atom. The lowest BCUT2D eigenvalue weighted by Gasteiger charge is -2.09. The first-order valence-electron chi connectivity index (χ1n) is 6.42. The summed E-state index contributed by atoms with van der Waals surface area (Å²) in [4.78, 5) is 11.1. The van der Waals surface area contributed by atoms with Gasteiger partial charge in [0.15, 0.2) is 5.69 Å². The number of nitrogens with zero attached hydrogens (tertiary/aromatic N) is 3. The minimum absolute atomic E-state index is 0.0346. The van der Waals surface area contributed by atoms with Gasteiger partial charge < -0.3 is 14.4 Å². The third kappa shape index (κ3) is 1.96. The Bertz CT molecular complexity index is 845. The number of carbonyl (C=O) groups is 1. The minimum atomic E-state index is -1.03. The van der Waals surface area contributed by atoms with Crippen LogP contribution in [0.5, 0.6) is 5.75 Å². The number of rotatable bonds is 3. The predicted molar refractivity (Wildman–Crippen MR) is 78.6 cm³/mol. The highest BCUT2D eigenvalue weighted by atomic mass is 16.5. The van der Waals surface area contributed by atoms with Crippen LogP contribution in [0.15, 0.2) is 30.5 Å². The van der Waals surface area contributed by atoms with Crippen LogP contribution in [0.1, 0.15) is 10.5 Å². The molecule has 21 heavy (non-hydrogen) atoms. The van der Waals surface area contributed by atoms with Crippen LogP contribution in [0.3, 0.4) is 0 Å². The molecule has 108 valence electrons. The van der Waals surface area contributed by atoms with Crippen LogP contribution in [-0.4, -0.2) is 32.5 Å². The Morgan fingerprint density at radius 2 is 2.05 bits per heavy atom.